The molecule has 0 bridgehead atoms. The van der Waals surface area contributed by atoms with Crippen molar-refractivity contribution in [3.05, 3.63) is 71.1 Å². The summed E-state index contributed by atoms with van der Waals surface area (Å²) in [6.45, 7) is 7.29. The third kappa shape index (κ3) is 1.02. The topological polar surface area (TPSA) is 4.36 Å². The molecule has 0 saturated heterocycles. The number of hydrogen-bond acceptors (Lipinski definition) is 0. The van der Waals surface area contributed by atoms with Crippen LogP contribution in [0.3, 0.4) is 0 Å². The van der Waals surface area contributed by atoms with Gasteiger partial charge in [-0.15, -0.1) is 0 Å². The summed E-state index contributed by atoms with van der Waals surface area (Å²) in [4.78, 5) is 3.72. The van der Waals surface area contributed by atoms with E-state index in [0.29, 0.717) is 0 Å². The molecule has 1 aliphatic rings. The fourth-order valence-electron chi connectivity index (χ4n) is 2.27. The Morgan fingerprint density at radius 2 is 1.27 bits per heavy atom. The molecule has 1 aliphatic carbocycles. The molecule has 0 atom stereocenters. The van der Waals surface area contributed by atoms with Crippen molar-refractivity contribution < 1.29 is 0 Å². The summed E-state index contributed by atoms with van der Waals surface area (Å²) in [6, 6.07) is 16.3. The molecule has 70 valence electrons. The third-order valence-electron chi connectivity index (χ3n) is 2.93. The normalized spacial score (nSPS) is 13.0. The number of benzene rings is 2. The number of hydrogen-bond donors (Lipinski definition) is 0. The standard InChI is InChI=1S/C14H9N/c1-15-14-12-8-4-2-6-10(12)11-7-3-5-9-13(11)14/h2-9,14H. The van der Waals surface area contributed by atoms with Gasteiger partial charge in [-0.25, -0.2) is 6.57 Å². The number of fused-ring (bicyclic) bond motifs is 3. The number of rotatable bonds is 0. The zero-order valence-corrected chi connectivity index (χ0v) is 8.14. The van der Waals surface area contributed by atoms with Crippen molar-refractivity contribution in [2.24, 2.45) is 0 Å². The molecule has 0 fully saturated rings. The Labute approximate surface area is 88.8 Å². The zero-order chi connectivity index (χ0) is 10.3. The predicted molar refractivity (Wildman–Crippen MR) is 60.3 cm³/mol. The molecule has 0 saturated carbocycles. The van der Waals surface area contributed by atoms with E-state index in [1.165, 1.54) is 11.1 Å². The van der Waals surface area contributed by atoms with Gasteiger partial charge in [-0.2, -0.15) is 0 Å². The minimum absolute atomic E-state index is 0.0996. The molecule has 0 aromatic heterocycles. The Balaban J connectivity index is 2.37. The van der Waals surface area contributed by atoms with Gasteiger partial charge in [-0.05, 0) is 11.1 Å². The summed E-state index contributed by atoms with van der Waals surface area (Å²) in [6.07, 6.45) is 0. The van der Waals surface area contributed by atoms with Gasteiger partial charge in [0.1, 0.15) is 0 Å². The molecular weight excluding hydrogens is 182 g/mol. The second kappa shape index (κ2) is 2.96. The first-order valence-corrected chi connectivity index (χ1v) is 4.96. The fraction of sp³-hybridized carbons (Fsp3) is 0.0714. The van der Waals surface area contributed by atoms with E-state index in [4.69, 9.17) is 6.57 Å². The van der Waals surface area contributed by atoms with Crippen LogP contribution in [0.2, 0.25) is 0 Å². The highest BCUT2D eigenvalue weighted by atomic mass is 14.7. The first kappa shape index (κ1) is 8.26. The molecule has 1 nitrogen and oxygen atoms in total. The Morgan fingerprint density at radius 1 is 0.800 bits per heavy atom. The van der Waals surface area contributed by atoms with Crippen molar-refractivity contribution in [2.45, 2.75) is 6.04 Å². The molecule has 0 radical (unpaired) electrons. The largest absolute Gasteiger partial charge is 0.303 e. The molecule has 0 spiro atoms. The molecule has 15 heavy (non-hydrogen) atoms. The maximum Gasteiger partial charge on any atom is 0.275 e. The molecule has 0 N–H and O–H groups in total. The maximum absolute atomic E-state index is 7.29. The van der Waals surface area contributed by atoms with Crippen LogP contribution in [0, 0.1) is 6.57 Å². The van der Waals surface area contributed by atoms with Crippen LogP contribution < -0.4 is 0 Å². The van der Waals surface area contributed by atoms with Crippen LogP contribution in [0.25, 0.3) is 16.0 Å². The first-order valence-electron chi connectivity index (χ1n) is 4.96. The Hall–Kier alpha value is -2.07. The highest BCUT2D eigenvalue weighted by Crippen LogP contribution is 2.44. The van der Waals surface area contributed by atoms with Gasteiger partial charge < -0.3 is 4.85 Å². The van der Waals surface area contributed by atoms with Crippen molar-refractivity contribution in [3.63, 3.8) is 0 Å². The second-order valence-corrected chi connectivity index (χ2v) is 3.71. The van der Waals surface area contributed by atoms with Gasteiger partial charge in [0.2, 0.25) is 0 Å². The molecule has 0 unspecified atom stereocenters. The Morgan fingerprint density at radius 3 is 1.73 bits per heavy atom. The van der Waals surface area contributed by atoms with Gasteiger partial charge in [0, 0.05) is 11.1 Å². The smallest absolute Gasteiger partial charge is 0.275 e. The SMILES string of the molecule is [C-]#[N+]C1c2ccccc2-c2ccccc21. The van der Waals surface area contributed by atoms with Gasteiger partial charge >= 0.3 is 0 Å². The highest BCUT2D eigenvalue weighted by molar-refractivity contribution is 5.79. The monoisotopic (exact) mass is 191 g/mol. The van der Waals surface area contributed by atoms with Crippen LogP contribution in [0.5, 0.6) is 0 Å². The van der Waals surface area contributed by atoms with Crippen LogP contribution in [0.4, 0.5) is 0 Å². The van der Waals surface area contributed by atoms with E-state index >= 15 is 0 Å². The minimum Gasteiger partial charge on any atom is -0.303 e. The third-order valence-corrected chi connectivity index (χ3v) is 2.93. The van der Waals surface area contributed by atoms with Crippen LogP contribution in [0.15, 0.2) is 48.5 Å². The average molecular weight is 191 g/mol. The lowest BCUT2D eigenvalue weighted by atomic mass is 10.1. The molecule has 2 aromatic rings. The molecule has 3 rings (SSSR count). The molecule has 1 heteroatoms. The fourth-order valence-corrected chi connectivity index (χ4v) is 2.27. The van der Waals surface area contributed by atoms with Gasteiger partial charge in [0.15, 0.2) is 0 Å². The van der Waals surface area contributed by atoms with Crippen LogP contribution in [-0.2, 0) is 0 Å². The summed E-state index contributed by atoms with van der Waals surface area (Å²) >= 11 is 0. The van der Waals surface area contributed by atoms with Crippen molar-refractivity contribution in [1.82, 2.24) is 0 Å². The maximum atomic E-state index is 7.29. The van der Waals surface area contributed by atoms with Crippen molar-refractivity contribution in [2.75, 3.05) is 0 Å². The highest BCUT2D eigenvalue weighted by Gasteiger charge is 2.31. The van der Waals surface area contributed by atoms with Gasteiger partial charge in [-0.3, -0.25) is 0 Å². The van der Waals surface area contributed by atoms with Crippen LogP contribution in [0.1, 0.15) is 17.2 Å². The summed E-state index contributed by atoms with van der Waals surface area (Å²) in [7, 11) is 0. The number of nitrogens with zero attached hydrogens (tertiary/aromatic N) is 1. The van der Waals surface area contributed by atoms with E-state index in [9.17, 15) is 0 Å². The van der Waals surface area contributed by atoms with Crippen molar-refractivity contribution in [3.8, 4) is 11.1 Å². The lowest BCUT2D eigenvalue weighted by Gasteiger charge is -1.97. The van der Waals surface area contributed by atoms with E-state index in [0.717, 1.165) is 11.1 Å². The van der Waals surface area contributed by atoms with E-state index < -0.39 is 0 Å². The molecule has 0 aliphatic heterocycles. The summed E-state index contributed by atoms with van der Waals surface area (Å²) in [5.74, 6) is 0. The Kier molecular flexibility index (Phi) is 1.63. The quantitative estimate of drug-likeness (QED) is 0.559. The Bertz CT molecular complexity index is 518. The molecule has 2 aromatic carbocycles. The lowest BCUT2D eigenvalue weighted by molar-refractivity contribution is 1.06. The van der Waals surface area contributed by atoms with Crippen LogP contribution >= 0.6 is 0 Å². The second-order valence-electron chi connectivity index (χ2n) is 3.71. The minimum atomic E-state index is -0.0996. The van der Waals surface area contributed by atoms with Crippen molar-refractivity contribution >= 4 is 0 Å². The van der Waals surface area contributed by atoms with E-state index in [1.807, 2.05) is 24.3 Å². The lowest BCUT2D eigenvalue weighted by Crippen LogP contribution is -1.88. The van der Waals surface area contributed by atoms with Crippen LogP contribution in [-0.4, -0.2) is 0 Å². The van der Waals surface area contributed by atoms with E-state index in [2.05, 4.69) is 29.1 Å². The average Bonchev–Trinajstić information content (AvgIpc) is 2.63. The predicted octanol–water partition coefficient (Wildman–Crippen LogP) is 3.68. The summed E-state index contributed by atoms with van der Waals surface area (Å²) in [5, 5.41) is 0. The summed E-state index contributed by atoms with van der Waals surface area (Å²) in [5.41, 5.74) is 4.73. The van der Waals surface area contributed by atoms with E-state index in [1.54, 1.807) is 0 Å². The van der Waals surface area contributed by atoms with Gasteiger partial charge in [-0.1, -0.05) is 48.5 Å². The molecule has 0 amide bonds. The van der Waals surface area contributed by atoms with Crippen molar-refractivity contribution in [1.29, 1.82) is 0 Å². The first-order chi connectivity index (χ1) is 7.42. The zero-order valence-electron chi connectivity index (χ0n) is 8.14. The summed E-state index contributed by atoms with van der Waals surface area (Å²) < 4.78 is 0. The van der Waals surface area contributed by atoms with Gasteiger partial charge in [0.05, 0.1) is 0 Å². The van der Waals surface area contributed by atoms with E-state index in [-0.39, 0.29) is 6.04 Å². The molecular formula is C14H9N. The van der Waals surface area contributed by atoms with Gasteiger partial charge in [0.25, 0.3) is 6.04 Å². The molecule has 0 heterocycles.